The van der Waals surface area contributed by atoms with Gasteiger partial charge in [-0.2, -0.15) is 0 Å². The molecule has 0 heterocycles. The van der Waals surface area contributed by atoms with Crippen molar-refractivity contribution < 1.29 is 4.79 Å². The fourth-order valence-electron chi connectivity index (χ4n) is 0.185. The maximum absolute atomic E-state index is 9.57. The number of hydrogen-bond acceptors (Lipinski definition) is 1. The molecule has 1 nitrogen and oxygen atoms in total. The van der Waals surface area contributed by atoms with Gasteiger partial charge in [0.05, 0.1) is 0 Å². The third-order valence-electron chi connectivity index (χ3n) is 0.499. The molecule has 0 amide bonds. The molecule has 0 atom stereocenters. The Morgan fingerprint density at radius 2 is 2.33 bits per heavy atom. The summed E-state index contributed by atoms with van der Waals surface area (Å²) in [5, 5.41) is 0. The molecule has 0 aromatic carbocycles. The van der Waals surface area contributed by atoms with E-state index in [0.29, 0.717) is 0 Å². The van der Waals surface area contributed by atoms with E-state index in [2.05, 4.69) is 0 Å². The zero-order valence-electron chi connectivity index (χ0n) is 3.61. The van der Waals surface area contributed by atoms with Gasteiger partial charge in [0.2, 0.25) is 0 Å². The van der Waals surface area contributed by atoms with Gasteiger partial charge in [-0.25, -0.2) is 0 Å². The van der Waals surface area contributed by atoms with Gasteiger partial charge in [-0.15, -0.1) is 0 Å². The summed E-state index contributed by atoms with van der Waals surface area (Å²) in [6.07, 6.45) is 2.82. The third kappa shape index (κ3) is 4.47. The van der Waals surface area contributed by atoms with Gasteiger partial charge in [0, 0.05) is 0 Å². The third-order valence-corrected chi connectivity index (χ3v) is 1.51. The number of aldehydes is 1. The Morgan fingerprint density at radius 1 is 1.67 bits per heavy atom. The van der Waals surface area contributed by atoms with Crippen molar-refractivity contribution in [3.63, 3.8) is 0 Å². The minimum absolute atomic E-state index is 0.755. The molecule has 33 valence electrons. The van der Waals surface area contributed by atoms with Crippen molar-refractivity contribution in [3.05, 3.63) is 0 Å². The van der Waals surface area contributed by atoms with Crippen LogP contribution in [0.3, 0.4) is 0 Å². The van der Waals surface area contributed by atoms with Crippen LogP contribution in [0.1, 0.15) is 12.8 Å². The van der Waals surface area contributed by atoms with E-state index in [1.54, 1.807) is 0 Å². The molecule has 0 fully saturated rings. The molecule has 0 aromatic heterocycles. The molecule has 3 radical (unpaired) electrons. The summed E-state index contributed by atoms with van der Waals surface area (Å²) in [7, 11) is 0. The second kappa shape index (κ2) is 5.47. The summed E-state index contributed by atoms with van der Waals surface area (Å²) in [6, 6.07) is 0. The van der Waals surface area contributed by atoms with Gasteiger partial charge in [-0.1, -0.05) is 0 Å². The predicted molar refractivity (Wildman–Crippen MR) is 25.9 cm³/mol. The van der Waals surface area contributed by atoms with Crippen LogP contribution in [0.25, 0.3) is 0 Å². The monoisotopic (exact) mass is 191 g/mol. The second-order valence-corrected chi connectivity index (χ2v) is 2.49. The van der Waals surface area contributed by atoms with Crippen molar-refractivity contribution in [1.82, 2.24) is 0 Å². The Labute approximate surface area is 51.2 Å². The van der Waals surface area contributed by atoms with Crippen molar-refractivity contribution in [2.75, 3.05) is 0 Å². The number of hydrogen-bond donors (Lipinski definition) is 0. The van der Waals surface area contributed by atoms with E-state index in [0.717, 1.165) is 19.1 Å². The van der Waals surface area contributed by atoms with Crippen LogP contribution in [-0.2, 0) is 4.79 Å². The van der Waals surface area contributed by atoms with Gasteiger partial charge in [-0.3, -0.25) is 0 Å². The van der Waals surface area contributed by atoms with Gasteiger partial charge in [-0.05, 0) is 0 Å². The standard InChI is InChI=1S/C4H7O.Sn/c1-2-3-4-5;/h4H,1-3H2;. The van der Waals surface area contributed by atoms with Gasteiger partial charge in [0.15, 0.2) is 0 Å². The van der Waals surface area contributed by atoms with Crippen LogP contribution >= 0.6 is 0 Å². The van der Waals surface area contributed by atoms with Crippen LogP contribution in [-0.4, -0.2) is 28.8 Å². The first-order chi connectivity index (χ1) is 2.91. The SMILES string of the molecule is O=CCC[CH2][Sn]. The van der Waals surface area contributed by atoms with Crippen LogP contribution in [0.5, 0.6) is 0 Å². The van der Waals surface area contributed by atoms with Crippen molar-refractivity contribution in [3.8, 4) is 0 Å². The Morgan fingerprint density at radius 3 is 2.50 bits per heavy atom. The number of carbonyl (C=O) groups excluding carboxylic acids is 1. The number of unbranched alkanes of at least 4 members (excludes halogenated alkanes) is 1. The number of rotatable bonds is 3. The Hall–Kier alpha value is 0.469. The maximum atomic E-state index is 9.57. The van der Waals surface area contributed by atoms with Crippen molar-refractivity contribution in [2.45, 2.75) is 17.3 Å². The van der Waals surface area contributed by atoms with E-state index < -0.39 is 0 Å². The minimum atomic E-state index is 0.755. The Kier molecular flexibility index (Phi) is 5.90. The number of carbonyl (C=O) groups is 1. The molecule has 0 aliphatic rings. The Balaban J connectivity index is 2.49. The summed E-state index contributed by atoms with van der Waals surface area (Å²) in [4.78, 5) is 9.57. The van der Waals surface area contributed by atoms with Crippen LogP contribution in [0.4, 0.5) is 0 Å². The van der Waals surface area contributed by atoms with Crippen LogP contribution < -0.4 is 0 Å². The topological polar surface area (TPSA) is 17.1 Å². The fraction of sp³-hybridized carbons (Fsp3) is 0.750. The normalized spacial score (nSPS) is 8.17. The van der Waals surface area contributed by atoms with E-state index in [9.17, 15) is 4.79 Å². The van der Waals surface area contributed by atoms with E-state index in [1.165, 1.54) is 27.0 Å². The van der Waals surface area contributed by atoms with Crippen LogP contribution in [0.2, 0.25) is 4.44 Å². The van der Waals surface area contributed by atoms with Gasteiger partial charge in [0.1, 0.15) is 0 Å². The Bertz CT molecular complexity index is 36.5. The average Bonchev–Trinajstić information content (AvgIpc) is 1.61. The summed E-state index contributed by atoms with van der Waals surface area (Å²) in [5.41, 5.74) is 0. The van der Waals surface area contributed by atoms with Crippen molar-refractivity contribution >= 4 is 28.8 Å². The van der Waals surface area contributed by atoms with Crippen molar-refractivity contribution in [1.29, 1.82) is 0 Å². The molecule has 0 spiro atoms. The molecule has 6 heavy (non-hydrogen) atoms. The van der Waals surface area contributed by atoms with Gasteiger partial charge >= 0.3 is 50.9 Å². The molecule has 0 saturated heterocycles. The first-order valence-electron chi connectivity index (χ1n) is 2.00. The van der Waals surface area contributed by atoms with Crippen molar-refractivity contribution in [2.24, 2.45) is 0 Å². The molecule has 0 unspecified atom stereocenters. The summed E-state index contributed by atoms with van der Waals surface area (Å²) >= 11 is 1.54. The van der Waals surface area contributed by atoms with E-state index in [1.807, 2.05) is 0 Å². The molecule has 0 bridgehead atoms. The van der Waals surface area contributed by atoms with E-state index >= 15 is 0 Å². The fourth-order valence-corrected chi connectivity index (χ4v) is 0.768. The van der Waals surface area contributed by atoms with E-state index in [4.69, 9.17) is 0 Å². The molecular formula is C4H7OSn. The second-order valence-electron chi connectivity index (χ2n) is 1.06. The molecule has 0 aliphatic carbocycles. The molecular weight excluding hydrogens is 183 g/mol. The summed E-state index contributed by atoms with van der Waals surface area (Å²) in [6.45, 7) is 0. The average molecular weight is 190 g/mol. The summed E-state index contributed by atoms with van der Waals surface area (Å²) in [5.74, 6) is 0. The molecule has 2 heteroatoms. The molecule has 0 saturated carbocycles. The molecule has 0 N–H and O–H groups in total. The van der Waals surface area contributed by atoms with Crippen LogP contribution in [0, 0.1) is 0 Å². The first-order valence-corrected chi connectivity index (χ1v) is 4.02. The zero-order chi connectivity index (χ0) is 4.83. The molecule has 0 aromatic rings. The van der Waals surface area contributed by atoms with Crippen LogP contribution in [0.15, 0.2) is 0 Å². The van der Waals surface area contributed by atoms with Gasteiger partial charge in [0.25, 0.3) is 0 Å². The van der Waals surface area contributed by atoms with Gasteiger partial charge < -0.3 is 0 Å². The molecule has 0 rings (SSSR count). The quantitative estimate of drug-likeness (QED) is 0.360. The van der Waals surface area contributed by atoms with E-state index in [-0.39, 0.29) is 0 Å². The first kappa shape index (κ1) is 6.47. The summed E-state index contributed by atoms with van der Waals surface area (Å²) < 4.78 is 1.21. The molecule has 0 aliphatic heterocycles. The predicted octanol–water partition coefficient (Wildman–Crippen LogP) is 0.552. The zero-order valence-corrected chi connectivity index (χ0v) is 6.46.